The summed E-state index contributed by atoms with van der Waals surface area (Å²) in [7, 11) is 2.18. The minimum absolute atomic E-state index is 0.0415. The number of para-hydroxylation sites is 1. The van der Waals surface area contributed by atoms with Crippen LogP contribution < -0.4 is 0 Å². The van der Waals surface area contributed by atoms with E-state index in [1.165, 1.54) is 19.1 Å². The van der Waals surface area contributed by atoms with Crippen LogP contribution in [0, 0.1) is 0 Å². The van der Waals surface area contributed by atoms with E-state index < -0.39 is 0 Å². The van der Waals surface area contributed by atoms with Gasteiger partial charge in [0.05, 0.1) is 0 Å². The van der Waals surface area contributed by atoms with E-state index in [1.807, 2.05) is 24.3 Å². The highest BCUT2D eigenvalue weighted by atomic mass is 16.5. The summed E-state index contributed by atoms with van der Waals surface area (Å²) < 4.78 is 11.2. The molecular formula is C17H19NO3. The lowest BCUT2D eigenvalue weighted by Crippen LogP contribution is -2.43. The number of hydrogen-bond donors (Lipinski definition) is 0. The van der Waals surface area contributed by atoms with Crippen molar-refractivity contribution in [2.24, 2.45) is 0 Å². The highest BCUT2D eigenvalue weighted by Crippen LogP contribution is 2.36. The van der Waals surface area contributed by atoms with Crippen molar-refractivity contribution in [2.75, 3.05) is 7.05 Å². The number of rotatable bonds is 2. The zero-order valence-corrected chi connectivity index (χ0v) is 12.1. The third-order valence-electron chi connectivity index (χ3n) is 5.03. The summed E-state index contributed by atoms with van der Waals surface area (Å²) in [6, 6.07) is 8.71. The second kappa shape index (κ2) is 4.88. The van der Waals surface area contributed by atoms with Gasteiger partial charge in [-0.25, -0.2) is 4.79 Å². The first-order chi connectivity index (χ1) is 10.2. The molecule has 4 rings (SSSR count). The molecule has 1 aromatic heterocycles. The minimum atomic E-state index is -0.256. The molecule has 4 heteroatoms. The van der Waals surface area contributed by atoms with Gasteiger partial charge in [0.2, 0.25) is 0 Å². The summed E-state index contributed by atoms with van der Waals surface area (Å²) in [5, 5.41) is 0.832. The van der Waals surface area contributed by atoms with Gasteiger partial charge in [-0.3, -0.25) is 0 Å². The topological polar surface area (TPSA) is 42.7 Å². The zero-order chi connectivity index (χ0) is 14.4. The molecule has 0 N–H and O–H groups in total. The maximum absolute atomic E-state index is 12.4. The average molecular weight is 285 g/mol. The molecule has 4 nitrogen and oxygen atoms in total. The van der Waals surface area contributed by atoms with Crippen LogP contribution in [0.1, 0.15) is 36.0 Å². The number of fused-ring (bicyclic) bond motifs is 3. The summed E-state index contributed by atoms with van der Waals surface area (Å²) in [5.74, 6) is -0.256. The molecule has 3 heterocycles. The molecule has 1 unspecified atom stereocenters. The Labute approximate surface area is 123 Å². The lowest BCUT2D eigenvalue weighted by Gasteiger charge is -2.35. The molecular weight excluding hydrogens is 266 g/mol. The smallest absolute Gasteiger partial charge is 0.342 e. The van der Waals surface area contributed by atoms with Gasteiger partial charge in [-0.15, -0.1) is 0 Å². The summed E-state index contributed by atoms with van der Waals surface area (Å²) >= 11 is 0. The molecule has 3 atom stereocenters. The molecule has 2 aromatic rings. The second-order valence-corrected chi connectivity index (χ2v) is 6.19. The monoisotopic (exact) mass is 285 g/mol. The van der Waals surface area contributed by atoms with Crippen molar-refractivity contribution in [3.05, 3.63) is 36.1 Å². The maximum Gasteiger partial charge on any atom is 0.342 e. The van der Waals surface area contributed by atoms with E-state index in [-0.39, 0.29) is 12.1 Å². The van der Waals surface area contributed by atoms with Crippen LogP contribution in [-0.4, -0.2) is 36.1 Å². The molecule has 1 aromatic carbocycles. The van der Waals surface area contributed by atoms with E-state index in [9.17, 15) is 4.79 Å². The summed E-state index contributed by atoms with van der Waals surface area (Å²) in [5.41, 5.74) is 1.27. The predicted molar refractivity (Wildman–Crippen MR) is 79.2 cm³/mol. The highest BCUT2D eigenvalue weighted by Gasteiger charge is 2.40. The van der Waals surface area contributed by atoms with Crippen LogP contribution >= 0.6 is 0 Å². The Balaban J connectivity index is 1.51. The van der Waals surface area contributed by atoms with Crippen LogP contribution in [0.25, 0.3) is 11.0 Å². The van der Waals surface area contributed by atoms with Crippen molar-refractivity contribution in [3.8, 4) is 0 Å². The van der Waals surface area contributed by atoms with E-state index in [1.54, 1.807) is 0 Å². The largest absolute Gasteiger partial charge is 0.463 e. The van der Waals surface area contributed by atoms with E-state index in [4.69, 9.17) is 9.15 Å². The third kappa shape index (κ3) is 2.14. The number of nitrogens with zero attached hydrogens (tertiary/aromatic N) is 1. The molecule has 2 aliphatic heterocycles. The summed E-state index contributed by atoms with van der Waals surface area (Å²) in [6.07, 6.45) is 5.91. The van der Waals surface area contributed by atoms with Gasteiger partial charge < -0.3 is 14.1 Å². The van der Waals surface area contributed by atoms with E-state index in [0.717, 1.165) is 23.8 Å². The maximum atomic E-state index is 12.4. The van der Waals surface area contributed by atoms with Crippen LogP contribution in [0.3, 0.4) is 0 Å². The van der Waals surface area contributed by atoms with Crippen molar-refractivity contribution in [2.45, 2.75) is 43.9 Å². The van der Waals surface area contributed by atoms with Crippen LogP contribution in [0.2, 0.25) is 0 Å². The lowest BCUT2D eigenvalue weighted by atomic mass is 10.0. The molecule has 110 valence electrons. The van der Waals surface area contributed by atoms with Gasteiger partial charge in [0, 0.05) is 30.3 Å². The minimum Gasteiger partial charge on any atom is -0.463 e. The number of benzene rings is 1. The molecule has 2 bridgehead atoms. The number of carbonyl (C=O) groups is 1. The molecule has 2 saturated heterocycles. The molecule has 2 aliphatic rings. The van der Waals surface area contributed by atoms with Crippen molar-refractivity contribution < 1.29 is 13.9 Å². The van der Waals surface area contributed by atoms with Crippen molar-refractivity contribution in [1.29, 1.82) is 0 Å². The summed E-state index contributed by atoms with van der Waals surface area (Å²) in [4.78, 5) is 14.8. The Bertz CT molecular complexity index is 663. The Hall–Kier alpha value is -1.81. The molecule has 21 heavy (non-hydrogen) atoms. The number of hydrogen-bond acceptors (Lipinski definition) is 4. The Morgan fingerprint density at radius 3 is 2.71 bits per heavy atom. The number of ether oxygens (including phenoxy) is 1. The summed E-state index contributed by atoms with van der Waals surface area (Å²) in [6.45, 7) is 0. The molecule has 0 spiro atoms. The van der Waals surface area contributed by atoms with Gasteiger partial charge in [0.15, 0.2) is 0 Å². The second-order valence-electron chi connectivity index (χ2n) is 6.19. The van der Waals surface area contributed by atoms with E-state index in [0.29, 0.717) is 17.6 Å². The van der Waals surface area contributed by atoms with Gasteiger partial charge in [0.25, 0.3) is 0 Å². The average Bonchev–Trinajstić information content (AvgIpc) is 2.98. The first-order valence-electron chi connectivity index (χ1n) is 7.61. The van der Waals surface area contributed by atoms with Gasteiger partial charge in [-0.1, -0.05) is 18.2 Å². The van der Waals surface area contributed by atoms with Crippen molar-refractivity contribution >= 4 is 16.9 Å². The SMILES string of the molecule is CN1[C@@H]2CC[C@H]1CC(OC(=O)c1coc3ccccc13)C2. The van der Waals surface area contributed by atoms with Gasteiger partial charge in [0.1, 0.15) is 23.5 Å². The highest BCUT2D eigenvalue weighted by molar-refractivity contribution is 6.03. The number of furan rings is 1. The third-order valence-corrected chi connectivity index (χ3v) is 5.03. The fourth-order valence-corrected chi connectivity index (χ4v) is 3.81. The lowest BCUT2D eigenvalue weighted by molar-refractivity contribution is -0.000340. The number of esters is 1. The van der Waals surface area contributed by atoms with Gasteiger partial charge in [-0.05, 0) is 26.0 Å². The fourth-order valence-electron chi connectivity index (χ4n) is 3.81. The quantitative estimate of drug-likeness (QED) is 0.795. The van der Waals surface area contributed by atoms with E-state index in [2.05, 4.69) is 11.9 Å². The standard InChI is InChI=1S/C17H19NO3/c1-18-11-6-7-12(18)9-13(8-11)21-17(19)15-10-20-16-5-3-2-4-14(15)16/h2-5,10-13H,6-9H2,1H3/t11-,12+,13?. The molecule has 0 amide bonds. The molecule has 2 fully saturated rings. The van der Waals surface area contributed by atoms with Crippen molar-refractivity contribution in [3.63, 3.8) is 0 Å². The van der Waals surface area contributed by atoms with Gasteiger partial charge in [-0.2, -0.15) is 0 Å². The number of piperidine rings is 1. The first-order valence-corrected chi connectivity index (χ1v) is 7.61. The van der Waals surface area contributed by atoms with Crippen LogP contribution in [-0.2, 0) is 4.74 Å². The van der Waals surface area contributed by atoms with Crippen LogP contribution in [0.4, 0.5) is 0 Å². The molecule has 0 radical (unpaired) electrons. The Kier molecular flexibility index (Phi) is 3.00. The van der Waals surface area contributed by atoms with E-state index >= 15 is 0 Å². The fraction of sp³-hybridized carbons (Fsp3) is 0.471. The number of carbonyl (C=O) groups excluding carboxylic acids is 1. The predicted octanol–water partition coefficient (Wildman–Crippen LogP) is 3.21. The van der Waals surface area contributed by atoms with Crippen molar-refractivity contribution in [1.82, 2.24) is 4.90 Å². The first kappa shape index (κ1) is 12.9. The molecule has 0 saturated carbocycles. The Morgan fingerprint density at radius 1 is 1.24 bits per heavy atom. The molecule has 0 aliphatic carbocycles. The van der Waals surface area contributed by atoms with Crippen LogP contribution in [0.5, 0.6) is 0 Å². The van der Waals surface area contributed by atoms with Gasteiger partial charge >= 0.3 is 5.97 Å². The van der Waals surface area contributed by atoms with Crippen LogP contribution in [0.15, 0.2) is 34.9 Å². The Morgan fingerprint density at radius 2 is 1.95 bits per heavy atom. The normalized spacial score (nSPS) is 28.9. The zero-order valence-electron chi connectivity index (χ0n) is 12.1.